The Hall–Kier alpha value is -3.02. The number of benzene rings is 1. The van der Waals surface area contributed by atoms with Crippen LogP contribution in [0.15, 0.2) is 30.6 Å². The van der Waals surface area contributed by atoms with Crippen LogP contribution in [0.5, 0.6) is 5.75 Å². The molecular weight excluding hydrogens is 589 g/mol. The largest absolute Gasteiger partial charge is 0.494 e. The molecule has 3 aromatic rings. The lowest BCUT2D eigenvalue weighted by molar-refractivity contribution is 0.197. The van der Waals surface area contributed by atoms with Gasteiger partial charge in [-0.15, -0.1) is 24.8 Å². The maximum Gasteiger partial charge on any atom is 0.321 e. The topological polar surface area (TPSA) is 135 Å². The number of imidazole rings is 1. The third-order valence-electron chi connectivity index (χ3n) is 8.78. The van der Waals surface area contributed by atoms with Crippen LogP contribution in [0.25, 0.3) is 11.2 Å². The number of likely N-dealkylation sites (tertiary alicyclic amines) is 1. The molecule has 3 fully saturated rings. The summed E-state index contributed by atoms with van der Waals surface area (Å²) in [5, 5.41) is 10.3. The van der Waals surface area contributed by atoms with Gasteiger partial charge in [-0.3, -0.25) is 0 Å². The lowest BCUT2D eigenvalue weighted by Gasteiger charge is -2.32. The molecule has 0 unspecified atom stereocenters. The van der Waals surface area contributed by atoms with Crippen molar-refractivity contribution in [2.75, 3.05) is 35.6 Å². The minimum Gasteiger partial charge on any atom is -0.494 e. The number of nitrogens with one attached hydrogen (secondary N) is 3. The zero-order valence-corrected chi connectivity index (χ0v) is 26.5. The molecule has 13 heteroatoms. The number of anilines is 3. The van der Waals surface area contributed by atoms with Gasteiger partial charge in [0.15, 0.2) is 17.0 Å². The highest BCUT2D eigenvalue weighted by molar-refractivity contribution is 5.89. The van der Waals surface area contributed by atoms with Crippen molar-refractivity contribution in [1.82, 2.24) is 24.4 Å². The van der Waals surface area contributed by atoms with Crippen LogP contribution in [0.2, 0.25) is 0 Å². The highest BCUT2D eigenvalue weighted by Gasteiger charge is 2.27. The van der Waals surface area contributed by atoms with E-state index in [1.807, 2.05) is 42.4 Å². The van der Waals surface area contributed by atoms with Crippen molar-refractivity contribution in [2.45, 2.75) is 95.3 Å². The molecule has 2 saturated carbocycles. The summed E-state index contributed by atoms with van der Waals surface area (Å²) in [7, 11) is 0. The summed E-state index contributed by atoms with van der Waals surface area (Å²) in [6.07, 6.45) is 12.5. The van der Waals surface area contributed by atoms with Crippen LogP contribution < -0.4 is 26.4 Å². The molecule has 3 heterocycles. The second-order valence-corrected chi connectivity index (χ2v) is 11.7. The minimum atomic E-state index is -0.0778. The van der Waals surface area contributed by atoms with Gasteiger partial charge in [-0.05, 0) is 82.6 Å². The van der Waals surface area contributed by atoms with Gasteiger partial charge in [0, 0.05) is 42.9 Å². The second kappa shape index (κ2) is 15.1. The van der Waals surface area contributed by atoms with Gasteiger partial charge in [-0.2, -0.15) is 9.97 Å². The van der Waals surface area contributed by atoms with Gasteiger partial charge in [0.25, 0.3) is 0 Å². The Balaban J connectivity index is 0.00000212. The van der Waals surface area contributed by atoms with Crippen LogP contribution in [0.1, 0.15) is 77.2 Å². The lowest BCUT2D eigenvalue weighted by Crippen LogP contribution is -2.44. The van der Waals surface area contributed by atoms with Crippen LogP contribution in [0, 0.1) is 0 Å². The fraction of sp³-hybridized carbons (Fsp3) is 0.600. The Morgan fingerprint density at radius 2 is 1.60 bits per heavy atom. The van der Waals surface area contributed by atoms with E-state index < -0.39 is 0 Å². The standard InChI is InChI=1S/C30H43N9O2.2ClH/c1-2-41-25-13-11-22(12-14-25)35-30(40)38-17-15-23(16-18-38)33-27-26-28(39(19-32-26)24-5-3-4-6-24)37-29(36-27)34-21-9-7-20(31)8-10-21;;/h11-14,19-21,23-24H,2-10,15-18,31H2,1H3,(H,35,40)(H2,33,34,36,37);2*1H. The first-order valence-electron chi connectivity index (χ1n) is 15.4. The van der Waals surface area contributed by atoms with Crippen molar-refractivity contribution >= 4 is 59.5 Å². The summed E-state index contributed by atoms with van der Waals surface area (Å²) < 4.78 is 7.75. The summed E-state index contributed by atoms with van der Waals surface area (Å²) >= 11 is 0. The Morgan fingerprint density at radius 1 is 0.930 bits per heavy atom. The summed E-state index contributed by atoms with van der Waals surface area (Å²) in [6, 6.07) is 8.68. The molecule has 0 radical (unpaired) electrons. The van der Waals surface area contributed by atoms with E-state index in [2.05, 4.69) is 20.5 Å². The summed E-state index contributed by atoms with van der Waals surface area (Å²) in [4.78, 5) is 29.5. The second-order valence-electron chi connectivity index (χ2n) is 11.7. The number of rotatable bonds is 8. The molecule has 1 aromatic carbocycles. The molecule has 11 nitrogen and oxygen atoms in total. The van der Waals surface area contributed by atoms with Crippen molar-refractivity contribution in [2.24, 2.45) is 5.73 Å². The Kier molecular flexibility index (Phi) is 11.6. The number of carbonyl (C=O) groups is 1. The number of nitrogens with two attached hydrogens (primary N) is 1. The third kappa shape index (κ3) is 7.93. The number of hydrogen-bond acceptors (Lipinski definition) is 8. The SMILES string of the molecule is CCOc1ccc(NC(=O)N2CCC(Nc3nc(NC4CCC(N)CC4)nc4c3ncn4C3CCCC3)CC2)cc1.Cl.Cl. The normalized spacial score (nSPS) is 21.1. The van der Waals surface area contributed by atoms with Crippen LogP contribution in [0.4, 0.5) is 22.2 Å². The number of nitrogens with zero attached hydrogens (tertiary/aromatic N) is 5. The zero-order valence-electron chi connectivity index (χ0n) is 24.8. The number of urea groups is 1. The number of ether oxygens (including phenoxy) is 1. The molecule has 0 bridgehead atoms. The Labute approximate surface area is 265 Å². The first-order valence-corrected chi connectivity index (χ1v) is 15.4. The summed E-state index contributed by atoms with van der Waals surface area (Å²) in [5.74, 6) is 2.23. The van der Waals surface area contributed by atoms with Crippen LogP contribution in [-0.2, 0) is 0 Å². The molecule has 2 aliphatic carbocycles. The van der Waals surface area contributed by atoms with Gasteiger partial charge in [0.2, 0.25) is 5.95 Å². The summed E-state index contributed by atoms with van der Waals surface area (Å²) in [6.45, 7) is 3.90. The molecule has 0 atom stereocenters. The molecule has 3 aliphatic rings. The molecule has 1 saturated heterocycles. The number of piperidine rings is 1. The molecule has 6 rings (SSSR count). The summed E-state index contributed by atoms with van der Waals surface area (Å²) in [5.41, 5.74) is 8.62. The molecule has 2 amide bonds. The fourth-order valence-electron chi connectivity index (χ4n) is 6.40. The van der Waals surface area contributed by atoms with Gasteiger partial charge >= 0.3 is 6.03 Å². The van der Waals surface area contributed by atoms with Gasteiger partial charge in [-0.1, -0.05) is 12.8 Å². The van der Waals surface area contributed by atoms with E-state index in [-0.39, 0.29) is 36.9 Å². The highest BCUT2D eigenvalue weighted by Crippen LogP contribution is 2.34. The van der Waals surface area contributed by atoms with Gasteiger partial charge < -0.3 is 35.9 Å². The van der Waals surface area contributed by atoms with Crippen LogP contribution >= 0.6 is 24.8 Å². The number of carbonyl (C=O) groups excluding carboxylic acids is 1. The van der Waals surface area contributed by atoms with Gasteiger partial charge in [0.1, 0.15) is 5.75 Å². The first-order chi connectivity index (χ1) is 20.1. The molecule has 236 valence electrons. The van der Waals surface area contributed by atoms with Crippen LogP contribution in [0.3, 0.4) is 0 Å². The maximum atomic E-state index is 12.9. The number of halogens is 2. The smallest absolute Gasteiger partial charge is 0.321 e. The number of fused-ring (bicyclic) bond motifs is 1. The molecule has 1 aliphatic heterocycles. The molecule has 0 spiro atoms. The number of hydrogen-bond donors (Lipinski definition) is 4. The monoisotopic (exact) mass is 633 g/mol. The van der Waals surface area contributed by atoms with Crippen molar-refractivity contribution in [1.29, 1.82) is 0 Å². The van der Waals surface area contributed by atoms with Gasteiger partial charge in [0.05, 0.1) is 12.9 Å². The number of aromatic nitrogens is 4. The predicted octanol–water partition coefficient (Wildman–Crippen LogP) is 5.97. The quantitative estimate of drug-likeness (QED) is 0.238. The lowest BCUT2D eigenvalue weighted by atomic mass is 9.92. The van der Waals surface area contributed by atoms with E-state index in [0.717, 1.165) is 66.9 Å². The van der Waals surface area contributed by atoms with E-state index >= 15 is 0 Å². The molecule has 43 heavy (non-hydrogen) atoms. The zero-order chi connectivity index (χ0) is 28.2. The van der Waals surface area contributed by atoms with E-state index in [0.29, 0.717) is 43.8 Å². The Bertz CT molecular complexity index is 1320. The molecule has 2 aromatic heterocycles. The van der Waals surface area contributed by atoms with E-state index in [1.54, 1.807) is 0 Å². The van der Waals surface area contributed by atoms with Crippen molar-refractivity contribution in [3.63, 3.8) is 0 Å². The van der Waals surface area contributed by atoms with E-state index in [1.165, 1.54) is 25.7 Å². The molecular formula is C30H45Cl2N9O2. The third-order valence-corrected chi connectivity index (χ3v) is 8.78. The highest BCUT2D eigenvalue weighted by atomic mass is 35.5. The fourth-order valence-corrected chi connectivity index (χ4v) is 6.40. The van der Waals surface area contributed by atoms with Crippen molar-refractivity contribution < 1.29 is 9.53 Å². The van der Waals surface area contributed by atoms with Gasteiger partial charge in [-0.25, -0.2) is 9.78 Å². The van der Waals surface area contributed by atoms with E-state index in [9.17, 15) is 4.79 Å². The van der Waals surface area contributed by atoms with Crippen molar-refractivity contribution in [3.05, 3.63) is 30.6 Å². The van der Waals surface area contributed by atoms with Crippen LogP contribution in [-0.4, -0.2) is 68.3 Å². The van der Waals surface area contributed by atoms with E-state index in [4.69, 9.17) is 25.4 Å². The maximum absolute atomic E-state index is 12.9. The first kappa shape index (κ1) is 32.9. The average molecular weight is 635 g/mol. The molecule has 5 N–H and O–H groups in total. The predicted molar refractivity (Wildman–Crippen MR) is 176 cm³/mol. The Morgan fingerprint density at radius 3 is 2.28 bits per heavy atom. The van der Waals surface area contributed by atoms with Crippen molar-refractivity contribution in [3.8, 4) is 5.75 Å². The minimum absolute atomic E-state index is 0. The average Bonchev–Trinajstić information content (AvgIpc) is 3.66. The number of amides is 2.